The van der Waals surface area contributed by atoms with Crippen LogP contribution in [0.15, 0.2) is 60.7 Å². The highest BCUT2D eigenvalue weighted by Crippen LogP contribution is 2.33. The van der Waals surface area contributed by atoms with Gasteiger partial charge in [0.15, 0.2) is 0 Å². The lowest BCUT2D eigenvalue weighted by Gasteiger charge is -2.09. The molecule has 21 heavy (non-hydrogen) atoms. The Hall–Kier alpha value is -2.94. The maximum absolute atomic E-state index is 12.1. The average molecular weight is 273 g/mol. The number of carbonyl (C=O) groups is 2. The van der Waals surface area contributed by atoms with Gasteiger partial charge in [-0.05, 0) is 28.0 Å². The van der Waals surface area contributed by atoms with E-state index < -0.39 is 0 Å². The van der Waals surface area contributed by atoms with E-state index in [4.69, 9.17) is 0 Å². The van der Waals surface area contributed by atoms with Gasteiger partial charge >= 0.3 is 0 Å². The van der Waals surface area contributed by atoms with Gasteiger partial charge in [-0.3, -0.25) is 14.9 Å². The Morgan fingerprint density at radius 1 is 0.619 bits per heavy atom. The Bertz CT molecular complexity index is 907. The van der Waals surface area contributed by atoms with Crippen LogP contribution in [-0.2, 0) is 0 Å². The van der Waals surface area contributed by atoms with E-state index in [0.29, 0.717) is 11.1 Å². The van der Waals surface area contributed by atoms with Gasteiger partial charge in [-0.2, -0.15) is 0 Å². The molecule has 0 saturated heterocycles. The standard InChI is InChI=1S/C18H11NO2/c20-17-15-10-4-9-14(16(15)18(21)19-17)13-8-3-6-11-5-1-2-7-12(11)13/h1-10H,(H,19,20,21). The Kier molecular flexibility index (Phi) is 2.42. The third-order valence-corrected chi connectivity index (χ3v) is 3.84. The van der Waals surface area contributed by atoms with Crippen LogP contribution in [0.2, 0.25) is 0 Å². The zero-order valence-corrected chi connectivity index (χ0v) is 11.1. The van der Waals surface area contributed by atoms with Crippen LogP contribution in [0.4, 0.5) is 0 Å². The fourth-order valence-electron chi connectivity index (χ4n) is 2.90. The van der Waals surface area contributed by atoms with Gasteiger partial charge in [0.1, 0.15) is 0 Å². The molecule has 0 atom stereocenters. The summed E-state index contributed by atoms with van der Waals surface area (Å²) in [5.74, 6) is -0.643. The molecule has 0 spiro atoms. The molecule has 0 saturated carbocycles. The number of imide groups is 1. The largest absolute Gasteiger partial charge is 0.288 e. The number of hydrogen-bond donors (Lipinski definition) is 1. The van der Waals surface area contributed by atoms with Crippen molar-refractivity contribution in [3.63, 3.8) is 0 Å². The molecule has 1 heterocycles. The maximum atomic E-state index is 12.1. The quantitative estimate of drug-likeness (QED) is 0.691. The van der Waals surface area contributed by atoms with E-state index in [9.17, 15) is 9.59 Å². The number of hydrogen-bond acceptors (Lipinski definition) is 2. The second-order valence-electron chi connectivity index (χ2n) is 5.04. The maximum Gasteiger partial charge on any atom is 0.259 e. The van der Waals surface area contributed by atoms with Crippen molar-refractivity contribution >= 4 is 22.6 Å². The van der Waals surface area contributed by atoms with Gasteiger partial charge in [0.25, 0.3) is 11.8 Å². The molecule has 3 nitrogen and oxygen atoms in total. The Labute approximate surface area is 121 Å². The van der Waals surface area contributed by atoms with E-state index in [1.165, 1.54) is 0 Å². The highest BCUT2D eigenvalue weighted by molar-refractivity contribution is 6.24. The summed E-state index contributed by atoms with van der Waals surface area (Å²) in [7, 11) is 0. The van der Waals surface area contributed by atoms with Crippen molar-refractivity contribution in [3.05, 3.63) is 71.8 Å². The summed E-state index contributed by atoms with van der Waals surface area (Å²) >= 11 is 0. The van der Waals surface area contributed by atoms with E-state index >= 15 is 0 Å². The molecule has 1 N–H and O–H groups in total. The smallest absolute Gasteiger partial charge is 0.259 e. The van der Waals surface area contributed by atoms with Crippen molar-refractivity contribution < 1.29 is 9.59 Å². The number of benzene rings is 3. The number of amides is 2. The summed E-state index contributed by atoms with van der Waals surface area (Å²) in [6, 6.07) is 19.4. The van der Waals surface area contributed by atoms with Crippen molar-refractivity contribution in [2.75, 3.05) is 0 Å². The molecular weight excluding hydrogens is 262 g/mol. The lowest BCUT2D eigenvalue weighted by Crippen LogP contribution is -2.20. The summed E-state index contributed by atoms with van der Waals surface area (Å²) in [6.45, 7) is 0. The molecule has 0 aromatic heterocycles. The van der Waals surface area contributed by atoms with Gasteiger partial charge in [-0.1, -0.05) is 54.6 Å². The molecule has 1 aliphatic heterocycles. The first-order valence-corrected chi connectivity index (χ1v) is 6.72. The van der Waals surface area contributed by atoms with Gasteiger partial charge < -0.3 is 0 Å². The van der Waals surface area contributed by atoms with Crippen molar-refractivity contribution in [1.82, 2.24) is 5.32 Å². The molecule has 1 aliphatic rings. The van der Waals surface area contributed by atoms with Crippen LogP contribution >= 0.6 is 0 Å². The SMILES string of the molecule is O=C1NC(=O)c2c1cccc2-c1cccc2ccccc12. The fourth-order valence-corrected chi connectivity index (χ4v) is 2.90. The summed E-state index contributed by atoms with van der Waals surface area (Å²) in [5.41, 5.74) is 2.69. The molecule has 0 fully saturated rings. The third-order valence-electron chi connectivity index (χ3n) is 3.84. The first kappa shape index (κ1) is 11.9. The molecule has 100 valence electrons. The van der Waals surface area contributed by atoms with E-state index in [1.807, 2.05) is 54.6 Å². The van der Waals surface area contributed by atoms with Crippen LogP contribution in [0, 0.1) is 0 Å². The Morgan fingerprint density at radius 2 is 1.29 bits per heavy atom. The third kappa shape index (κ3) is 1.68. The summed E-state index contributed by atoms with van der Waals surface area (Å²) in [4.78, 5) is 23.9. The number of rotatable bonds is 1. The second-order valence-corrected chi connectivity index (χ2v) is 5.04. The topological polar surface area (TPSA) is 46.2 Å². The Morgan fingerprint density at radius 3 is 2.19 bits per heavy atom. The number of fused-ring (bicyclic) bond motifs is 2. The molecule has 3 aromatic carbocycles. The summed E-state index contributed by atoms with van der Waals surface area (Å²) in [5, 5.41) is 4.54. The lowest BCUT2D eigenvalue weighted by molar-refractivity contribution is 0.0880. The highest BCUT2D eigenvalue weighted by Gasteiger charge is 2.29. The van der Waals surface area contributed by atoms with E-state index in [0.717, 1.165) is 21.9 Å². The van der Waals surface area contributed by atoms with E-state index in [1.54, 1.807) is 6.07 Å². The van der Waals surface area contributed by atoms with Gasteiger partial charge in [0.2, 0.25) is 0 Å². The Balaban J connectivity index is 2.08. The first-order valence-electron chi connectivity index (χ1n) is 6.72. The van der Waals surface area contributed by atoms with Crippen LogP contribution in [0.5, 0.6) is 0 Å². The zero-order valence-electron chi connectivity index (χ0n) is 11.1. The number of nitrogens with one attached hydrogen (secondary N) is 1. The molecule has 0 bridgehead atoms. The van der Waals surface area contributed by atoms with Crippen LogP contribution in [0.1, 0.15) is 20.7 Å². The monoisotopic (exact) mass is 273 g/mol. The van der Waals surface area contributed by atoms with Crippen LogP contribution in [0.25, 0.3) is 21.9 Å². The van der Waals surface area contributed by atoms with Gasteiger partial charge in [0, 0.05) is 0 Å². The normalized spacial score (nSPS) is 13.3. The molecule has 3 aromatic rings. The lowest BCUT2D eigenvalue weighted by atomic mass is 9.93. The molecule has 2 amide bonds. The first-order chi connectivity index (χ1) is 10.3. The van der Waals surface area contributed by atoms with Gasteiger partial charge in [-0.25, -0.2) is 0 Å². The fraction of sp³-hybridized carbons (Fsp3) is 0. The minimum absolute atomic E-state index is 0.321. The van der Waals surface area contributed by atoms with Crippen LogP contribution in [0.3, 0.4) is 0 Å². The van der Waals surface area contributed by atoms with Crippen LogP contribution in [-0.4, -0.2) is 11.8 Å². The van der Waals surface area contributed by atoms with Crippen molar-refractivity contribution in [2.45, 2.75) is 0 Å². The average Bonchev–Trinajstić information content (AvgIpc) is 2.82. The van der Waals surface area contributed by atoms with E-state index in [2.05, 4.69) is 5.32 Å². The van der Waals surface area contributed by atoms with Crippen molar-refractivity contribution in [3.8, 4) is 11.1 Å². The van der Waals surface area contributed by atoms with Crippen molar-refractivity contribution in [2.24, 2.45) is 0 Å². The minimum atomic E-state index is -0.322. The van der Waals surface area contributed by atoms with Crippen LogP contribution < -0.4 is 5.32 Å². The summed E-state index contributed by atoms with van der Waals surface area (Å²) < 4.78 is 0. The van der Waals surface area contributed by atoms with Crippen molar-refractivity contribution in [1.29, 1.82) is 0 Å². The van der Waals surface area contributed by atoms with E-state index in [-0.39, 0.29) is 11.8 Å². The minimum Gasteiger partial charge on any atom is -0.288 e. The number of carbonyl (C=O) groups excluding carboxylic acids is 2. The summed E-state index contributed by atoms with van der Waals surface area (Å²) in [6.07, 6.45) is 0. The molecule has 0 aliphatic carbocycles. The van der Waals surface area contributed by atoms with Gasteiger partial charge in [0.05, 0.1) is 11.1 Å². The predicted molar refractivity (Wildman–Crippen MR) is 81.2 cm³/mol. The molecular formula is C18H11NO2. The highest BCUT2D eigenvalue weighted by atomic mass is 16.2. The molecule has 3 heteroatoms. The molecule has 4 rings (SSSR count). The zero-order chi connectivity index (χ0) is 14.4. The van der Waals surface area contributed by atoms with Gasteiger partial charge in [-0.15, -0.1) is 0 Å². The second kappa shape index (κ2) is 4.28. The molecule has 0 radical (unpaired) electrons. The molecule has 0 unspecified atom stereocenters. The predicted octanol–water partition coefficient (Wildman–Crippen LogP) is 3.39.